The zero-order valence-electron chi connectivity index (χ0n) is 18.6. The SMILES string of the molecule is COC(=O)c1cc(CC2CC2C(=O)Nc2ncc(Br)c(C)c2[N+](=O)[O-])ccc1-c1ccccc1. The molecule has 1 amide bonds. The summed E-state index contributed by atoms with van der Waals surface area (Å²) >= 11 is 3.23. The number of hydrogen-bond donors (Lipinski definition) is 1. The Morgan fingerprint density at radius 1 is 1.24 bits per heavy atom. The number of carbonyl (C=O) groups is 2. The van der Waals surface area contributed by atoms with Crippen LogP contribution in [0.4, 0.5) is 11.5 Å². The Labute approximate surface area is 204 Å². The first kappa shape index (κ1) is 23.6. The smallest absolute Gasteiger partial charge is 0.338 e. The van der Waals surface area contributed by atoms with Gasteiger partial charge in [-0.25, -0.2) is 9.78 Å². The molecule has 3 aromatic rings. The molecule has 1 N–H and O–H groups in total. The molecular formula is C25H22BrN3O5. The predicted molar refractivity (Wildman–Crippen MR) is 130 cm³/mol. The van der Waals surface area contributed by atoms with Gasteiger partial charge in [-0.1, -0.05) is 42.5 Å². The minimum Gasteiger partial charge on any atom is -0.465 e. The number of nitro groups is 1. The van der Waals surface area contributed by atoms with Crippen molar-refractivity contribution in [1.82, 2.24) is 4.98 Å². The van der Waals surface area contributed by atoms with E-state index in [0.29, 0.717) is 28.4 Å². The molecule has 2 aromatic carbocycles. The number of rotatable bonds is 7. The van der Waals surface area contributed by atoms with Crippen molar-refractivity contribution >= 4 is 39.3 Å². The van der Waals surface area contributed by atoms with Crippen LogP contribution in [0.2, 0.25) is 0 Å². The van der Waals surface area contributed by atoms with Gasteiger partial charge in [-0.3, -0.25) is 14.9 Å². The first-order chi connectivity index (χ1) is 16.3. The Morgan fingerprint density at radius 2 is 1.97 bits per heavy atom. The van der Waals surface area contributed by atoms with E-state index in [1.54, 1.807) is 6.92 Å². The Kier molecular flexibility index (Phi) is 6.74. The monoisotopic (exact) mass is 523 g/mol. The van der Waals surface area contributed by atoms with E-state index >= 15 is 0 Å². The molecule has 1 aliphatic rings. The summed E-state index contributed by atoms with van der Waals surface area (Å²) in [6.07, 6.45) is 2.69. The molecule has 0 saturated heterocycles. The first-order valence-electron chi connectivity index (χ1n) is 10.7. The molecule has 1 aliphatic carbocycles. The summed E-state index contributed by atoms with van der Waals surface area (Å²) in [5.74, 6) is -0.975. The number of pyridine rings is 1. The molecule has 2 unspecified atom stereocenters. The minimum atomic E-state index is -0.546. The maximum Gasteiger partial charge on any atom is 0.338 e. The number of carbonyl (C=O) groups excluding carboxylic acids is 2. The molecule has 174 valence electrons. The Balaban J connectivity index is 1.49. The molecular weight excluding hydrogens is 502 g/mol. The van der Waals surface area contributed by atoms with Gasteiger partial charge in [-0.2, -0.15) is 0 Å². The van der Waals surface area contributed by atoms with Crippen LogP contribution < -0.4 is 5.32 Å². The quantitative estimate of drug-likeness (QED) is 0.254. The van der Waals surface area contributed by atoms with Gasteiger partial charge in [0, 0.05) is 22.2 Å². The molecule has 2 atom stereocenters. The van der Waals surface area contributed by atoms with Crippen LogP contribution in [0.25, 0.3) is 11.1 Å². The van der Waals surface area contributed by atoms with Crippen molar-refractivity contribution in [1.29, 1.82) is 0 Å². The standard InChI is InChI=1S/C25H22BrN3O5/c1-14-21(26)13-27-23(22(14)29(32)33)28-24(30)19-12-17(19)10-15-8-9-18(16-6-4-3-5-7-16)20(11-15)25(31)34-2/h3-9,11,13,17,19H,10,12H2,1-2H3,(H,27,28,30). The molecule has 4 rings (SSSR count). The van der Waals surface area contributed by atoms with E-state index in [-0.39, 0.29) is 29.2 Å². The van der Waals surface area contributed by atoms with E-state index in [0.717, 1.165) is 16.7 Å². The van der Waals surface area contributed by atoms with Crippen LogP contribution in [0.3, 0.4) is 0 Å². The third-order valence-electron chi connectivity index (χ3n) is 6.00. The average molecular weight is 524 g/mol. The number of benzene rings is 2. The molecule has 1 aromatic heterocycles. The Bertz CT molecular complexity index is 1280. The Morgan fingerprint density at radius 3 is 2.65 bits per heavy atom. The number of esters is 1. The summed E-state index contributed by atoms with van der Waals surface area (Å²) in [6, 6.07) is 15.2. The zero-order chi connectivity index (χ0) is 24.4. The van der Waals surface area contributed by atoms with Gasteiger partial charge in [0.05, 0.1) is 17.6 Å². The molecule has 0 spiro atoms. The van der Waals surface area contributed by atoms with Crippen LogP contribution in [-0.4, -0.2) is 28.9 Å². The summed E-state index contributed by atoms with van der Waals surface area (Å²) < 4.78 is 5.48. The fourth-order valence-corrected chi connectivity index (χ4v) is 4.35. The largest absolute Gasteiger partial charge is 0.465 e. The van der Waals surface area contributed by atoms with Crippen LogP contribution in [0.5, 0.6) is 0 Å². The van der Waals surface area contributed by atoms with Crippen molar-refractivity contribution in [3.8, 4) is 11.1 Å². The highest BCUT2D eigenvalue weighted by Crippen LogP contribution is 2.43. The van der Waals surface area contributed by atoms with Gasteiger partial charge in [0.25, 0.3) is 0 Å². The number of nitrogens with zero attached hydrogens (tertiary/aromatic N) is 2. The van der Waals surface area contributed by atoms with Gasteiger partial charge in [-0.05, 0) is 64.4 Å². The van der Waals surface area contributed by atoms with E-state index in [2.05, 4.69) is 26.2 Å². The molecule has 0 bridgehead atoms. The van der Waals surface area contributed by atoms with Crippen LogP contribution in [-0.2, 0) is 16.0 Å². The average Bonchev–Trinajstić information content (AvgIpc) is 3.60. The second kappa shape index (κ2) is 9.72. The van der Waals surface area contributed by atoms with Gasteiger partial charge < -0.3 is 10.1 Å². The zero-order valence-corrected chi connectivity index (χ0v) is 20.2. The van der Waals surface area contributed by atoms with E-state index in [1.807, 2.05) is 48.5 Å². The van der Waals surface area contributed by atoms with Crippen molar-refractivity contribution in [2.45, 2.75) is 19.8 Å². The number of aromatic nitrogens is 1. The lowest BCUT2D eigenvalue weighted by atomic mass is 9.95. The number of halogens is 1. The molecule has 0 aliphatic heterocycles. The van der Waals surface area contributed by atoms with Gasteiger partial charge in [0.2, 0.25) is 11.7 Å². The third-order valence-corrected chi connectivity index (χ3v) is 6.80. The summed E-state index contributed by atoms with van der Waals surface area (Å²) in [5.41, 5.74) is 3.26. The summed E-state index contributed by atoms with van der Waals surface area (Å²) in [4.78, 5) is 40.1. The van der Waals surface area contributed by atoms with Crippen molar-refractivity contribution in [3.63, 3.8) is 0 Å². The van der Waals surface area contributed by atoms with Crippen molar-refractivity contribution in [2.75, 3.05) is 12.4 Å². The maximum atomic E-state index is 12.7. The number of methoxy groups -OCH3 is 1. The van der Waals surface area contributed by atoms with Crippen LogP contribution in [0, 0.1) is 28.9 Å². The highest BCUT2D eigenvalue weighted by molar-refractivity contribution is 9.10. The highest BCUT2D eigenvalue weighted by Gasteiger charge is 2.43. The Hall–Kier alpha value is -3.59. The van der Waals surface area contributed by atoms with E-state index < -0.39 is 10.9 Å². The van der Waals surface area contributed by atoms with Gasteiger partial charge in [0.1, 0.15) is 0 Å². The summed E-state index contributed by atoms with van der Waals surface area (Å²) in [7, 11) is 1.35. The lowest BCUT2D eigenvalue weighted by molar-refractivity contribution is -0.384. The molecule has 0 radical (unpaired) electrons. The highest BCUT2D eigenvalue weighted by atomic mass is 79.9. The molecule has 8 nitrogen and oxygen atoms in total. The molecule has 1 heterocycles. The fraction of sp³-hybridized carbons (Fsp3) is 0.240. The second-order valence-corrected chi connectivity index (χ2v) is 9.07. The fourth-order valence-electron chi connectivity index (χ4n) is 4.06. The lowest BCUT2D eigenvalue weighted by Gasteiger charge is -2.11. The van der Waals surface area contributed by atoms with Crippen LogP contribution in [0.1, 0.15) is 27.9 Å². The number of nitrogens with one attached hydrogen (secondary N) is 1. The van der Waals surface area contributed by atoms with Crippen molar-refractivity contribution in [3.05, 3.63) is 86.0 Å². The number of amides is 1. The predicted octanol–water partition coefficient (Wildman–Crippen LogP) is 5.33. The van der Waals surface area contributed by atoms with Crippen molar-refractivity contribution < 1.29 is 19.2 Å². The third kappa shape index (κ3) is 4.84. The molecule has 34 heavy (non-hydrogen) atoms. The lowest BCUT2D eigenvalue weighted by Crippen LogP contribution is -2.17. The van der Waals surface area contributed by atoms with E-state index in [1.165, 1.54) is 13.3 Å². The summed E-state index contributed by atoms with van der Waals surface area (Å²) in [6.45, 7) is 1.59. The maximum absolute atomic E-state index is 12.7. The first-order valence-corrected chi connectivity index (χ1v) is 11.5. The van der Waals surface area contributed by atoms with Gasteiger partial charge in [0.15, 0.2) is 0 Å². The topological polar surface area (TPSA) is 111 Å². The van der Waals surface area contributed by atoms with Crippen LogP contribution >= 0.6 is 15.9 Å². The van der Waals surface area contributed by atoms with Gasteiger partial charge >= 0.3 is 11.7 Å². The number of hydrogen-bond acceptors (Lipinski definition) is 6. The van der Waals surface area contributed by atoms with Gasteiger partial charge in [-0.15, -0.1) is 0 Å². The molecule has 1 fully saturated rings. The van der Waals surface area contributed by atoms with E-state index in [9.17, 15) is 19.7 Å². The van der Waals surface area contributed by atoms with E-state index in [4.69, 9.17) is 4.74 Å². The number of ether oxygens (including phenoxy) is 1. The molecule has 1 saturated carbocycles. The molecule has 9 heteroatoms. The second-order valence-electron chi connectivity index (χ2n) is 8.22. The minimum absolute atomic E-state index is 0.0541. The van der Waals surface area contributed by atoms with Crippen molar-refractivity contribution in [2.24, 2.45) is 11.8 Å². The number of anilines is 1. The van der Waals surface area contributed by atoms with Crippen LogP contribution in [0.15, 0.2) is 59.2 Å². The summed E-state index contributed by atoms with van der Waals surface area (Å²) in [5, 5.41) is 14.1. The normalized spacial score (nSPS) is 16.6.